The molecule has 1 aromatic rings. The Morgan fingerprint density at radius 1 is 1.24 bits per heavy atom. The third-order valence-corrected chi connectivity index (χ3v) is 6.72. The molecule has 5 nitrogen and oxygen atoms in total. The van der Waals surface area contributed by atoms with Crippen LogP contribution in [0, 0.1) is 6.92 Å². The van der Waals surface area contributed by atoms with Gasteiger partial charge in [-0.2, -0.15) is 0 Å². The first-order valence-corrected chi connectivity index (χ1v) is 10.9. The van der Waals surface area contributed by atoms with E-state index in [4.69, 9.17) is 4.74 Å². The van der Waals surface area contributed by atoms with Gasteiger partial charge in [0, 0.05) is 21.6 Å². The predicted molar refractivity (Wildman–Crippen MR) is 105 cm³/mol. The highest BCUT2D eigenvalue weighted by Gasteiger charge is 2.39. The van der Waals surface area contributed by atoms with E-state index in [-0.39, 0.29) is 22.0 Å². The molecule has 0 aromatic heterocycles. The summed E-state index contributed by atoms with van der Waals surface area (Å²) in [4.78, 5) is 0.181. The number of aryl methyl sites for hydroxylation is 1. The zero-order valence-corrected chi connectivity index (χ0v) is 18.3. The van der Waals surface area contributed by atoms with Crippen molar-refractivity contribution in [3.63, 3.8) is 0 Å². The molecule has 0 atom stereocenters. The Balaban J connectivity index is 2.35. The molecule has 1 fully saturated rings. The van der Waals surface area contributed by atoms with Crippen molar-refractivity contribution in [2.75, 3.05) is 6.61 Å². The number of hydrogen-bond donors (Lipinski definition) is 2. The molecule has 0 aliphatic carbocycles. The van der Waals surface area contributed by atoms with Gasteiger partial charge in [0.25, 0.3) is 0 Å². The van der Waals surface area contributed by atoms with Crippen LogP contribution in [0.2, 0.25) is 0 Å². The number of hydrogen-bond acceptors (Lipinski definition) is 4. The standard InChI is InChI=1S/C18H29BrN2O3S/c1-7-24-15-8-12(2)14(19)9-16(15)25(22,23)20-13-10-17(3,4)21-18(5,6)11-13/h8-9,13,20-21H,7,10-11H2,1-6H3. The molecule has 0 saturated carbocycles. The Morgan fingerprint density at radius 2 is 1.80 bits per heavy atom. The summed E-state index contributed by atoms with van der Waals surface area (Å²) < 4.78 is 35.3. The maximum Gasteiger partial charge on any atom is 0.244 e. The van der Waals surface area contributed by atoms with Crippen LogP contribution >= 0.6 is 15.9 Å². The minimum absolute atomic E-state index is 0.133. The molecular formula is C18H29BrN2O3S. The fourth-order valence-corrected chi connectivity index (χ4v) is 5.69. The lowest BCUT2D eigenvalue weighted by atomic mass is 9.80. The zero-order valence-electron chi connectivity index (χ0n) is 15.9. The van der Waals surface area contributed by atoms with Crippen LogP contribution in [0.5, 0.6) is 5.75 Å². The maximum absolute atomic E-state index is 13.0. The highest BCUT2D eigenvalue weighted by atomic mass is 79.9. The molecule has 1 saturated heterocycles. The van der Waals surface area contributed by atoms with Crippen molar-refractivity contribution in [2.45, 2.75) is 76.4 Å². The second-order valence-electron chi connectivity index (χ2n) is 8.10. The van der Waals surface area contributed by atoms with Crippen LogP contribution in [0.15, 0.2) is 21.5 Å². The molecule has 2 rings (SSSR count). The molecule has 25 heavy (non-hydrogen) atoms. The normalized spacial score (nSPS) is 20.4. The summed E-state index contributed by atoms with van der Waals surface area (Å²) >= 11 is 3.43. The number of nitrogens with one attached hydrogen (secondary N) is 2. The van der Waals surface area contributed by atoms with Gasteiger partial charge in [-0.25, -0.2) is 13.1 Å². The minimum atomic E-state index is -3.69. The number of ether oxygens (including phenoxy) is 1. The Morgan fingerprint density at radius 3 is 2.32 bits per heavy atom. The van der Waals surface area contributed by atoms with Crippen molar-refractivity contribution in [1.29, 1.82) is 0 Å². The van der Waals surface area contributed by atoms with E-state index in [1.165, 1.54) is 0 Å². The highest BCUT2D eigenvalue weighted by Crippen LogP contribution is 2.33. The van der Waals surface area contributed by atoms with E-state index < -0.39 is 10.0 Å². The monoisotopic (exact) mass is 432 g/mol. The number of halogens is 1. The first-order valence-electron chi connectivity index (χ1n) is 8.60. The second kappa shape index (κ2) is 7.18. The SMILES string of the molecule is CCOc1cc(C)c(Br)cc1S(=O)(=O)NC1CC(C)(C)NC(C)(C)C1. The largest absolute Gasteiger partial charge is 0.492 e. The van der Waals surface area contributed by atoms with Crippen molar-refractivity contribution in [3.8, 4) is 5.75 Å². The number of benzene rings is 1. The lowest BCUT2D eigenvalue weighted by Gasteiger charge is -2.46. The molecule has 0 bridgehead atoms. The first kappa shape index (κ1) is 20.7. The van der Waals surface area contributed by atoms with Crippen LogP contribution < -0.4 is 14.8 Å². The Bertz CT molecular complexity index is 729. The lowest BCUT2D eigenvalue weighted by molar-refractivity contribution is 0.157. The van der Waals surface area contributed by atoms with Gasteiger partial charge in [-0.1, -0.05) is 15.9 Å². The van der Waals surface area contributed by atoms with Crippen molar-refractivity contribution in [1.82, 2.24) is 10.0 Å². The molecule has 0 spiro atoms. The number of piperidine rings is 1. The average molecular weight is 433 g/mol. The summed E-state index contributed by atoms with van der Waals surface area (Å²) in [6, 6.07) is 3.25. The topological polar surface area (TPSA) is 67.4 Å². The molecule has 1 aliphatic rings. The van der Waals surface area contributed by atoms with E-state index in [1.54, 1.807) is 12.1 Å². The highest BCUT2D eigenvalue weighted by molar-refractivity contribution is 9.10. The van der Waals surface area contributed by atoms with Crippen molar-refractivity contribution in [2.24, 2.45) is 0 Å². The van der Waals surface area contributed by atoms with Gasteiger partial charge in [0.2, 0.25) is 10.0 Å². The van der Waals surface area contributed by atoms with E-state index in [1.807, 2.05) is 13.8 Å². The third kappa shape index (κ3) is 5.18. The fraction of sp³-hybridized carbons (Fsp3) is 0.667. The zero-order chi connectivity index (χ0) is 19.0. The van der Waals surface area contributed by atoms with Gasteiger partial charge in [0.15, 0.2) is 0 Å². The van der Waals surface area contributed by atoms with Crippen molar-refractivity contribution in [3.05, 3.63) is 22.2 Å². The van der Waals surface area contributed by atoms with Gasteiger partial charge in [0.05, 0.1) is 6.61 Å². The Kier molecular flexibility index (Phi) is 5.94. The predicted octanol–water partition coefficient (Wildman–Crippen LogP) is 3.74. The number of rotatable bonds is 5. The van der Waals surface area contributed by atoms with Crippen molar-refractivity contribution < 1.29 is 13.2 Å². The molecule has 0 amide bonds. The molecular weight excluding hydrogens is 404 g/mol. The van der Waals surface area contributed by atoms with Gasteiger partial charge >= 0.3 is 0 Å². The molecule has 1 heterocycles. The summed E-state index contributed by atoms with van der Waals surface area (Å²) in [5.41, 5.74) is 0.670. The van der Waals surface area contributed by atoms with Gasteiger partial charge < -0.3 is 10.1 Å². The van der Waals surface area contributed by atoms with E-state index in [2.05, 4.69) is 53.7 Å². The van der Waals surface area contributed by atoms with Crippen molar-refractivity contribution >= 4 is 26.0 Å². The van der Waals surface area contributed by atoms with Crippen LogP contribution in [-0.2, 0) is 10.0 Å². The number of sulfonamides is 1. The summed E-state index contributed by atoms with van der Waals surface area (Å²) in [5, 5.41) is 3.57. The Hall–Kier alpha value is -0.630. The third-order valence-electron chi connectivity index (χ3n) is 4.33. The van der Waals surface area contributed by atoms with Gasteiger partial charge in [-0.15, -0.1) is 0 Å². The van der Waals surface area contributed by atoms with Crippen LogP contribution in [0.3, 0.4) is 0 Å². The molecule has 0 unspecified atom stereocenters. The quantitative estimate of drug-likeness (QED) is 0.743. The fourth-order valence-electron chi connectivity index (χ4n) is 3.80. The molecule has 1 aromatic carbocycles. The van der Waals surface area contributed by atoms with E-state index in [0.29, 0.717) is 12.4 Å². The smallest absolute Gasteiger partial charge is 0.244 e. The summed E-state index contributed by atoms with van der Waals surface area (Å²) in [5.74, 6) is 0.392. The maximum atomic E-state index is 13.0. The Labute approximate surface area is 160 Å². The average Bonchev–Trinajstić information content (AvgIpc) is 2.38. The van der Waals surface area contributed by atoms with Crippen LogP contribution in [0.25, 0.3) is 0 Å². The summed E-state index contributed by atoms with van der Waals surface area (Å²) in [6.45, 7) is 12.6. The first-order chi connectivity index (χ1) is 11.4. The summed E-state index contributed by atoms with van der Waals surface area (Å²) in [7, 11) is -3.69. The van der Waals surface area contributed by atoms with Gasteiger partial charge in [0.1, 0.15) is 10.6 Å². The second-order valence-corrected chi connectivity index (χ2v) is 10.6. The van der Waals surface area contributed by atoms with Crippen LogP contribution in [0.4, 0.5) is 0 Å². The van der Waals surface area contributed by atoms with E-state index in [0.717, 1.165) is 22.9 Å². The van der Waals surface area contributed by atoms with Gasteiger partial charge in [-0.3, -0.25) is 0 Å². The van der Waals surface area contributed by atoms with Crippen LogP contribution in [0.1, 0.15) is 53.0 Å². The molecule has 0 radical (unpaired) electrons. The molecule has 7 heteroatoms. The van der Waals surface area contributed by atoms with E-state index in [9.17, 15) is 8.42 Å². The molecule has 2 N–H and O–H groups in total. The molecule has 142 valence electrons. The lowest BCUT2D eigenvalue weighted by Crippen LogP contribution is -2.62. The van der Waals surface area contributed by atoms with Crippen LogP contribution in [-0.4, -0.2) is 32.1 Å². The summed E-state index contributed by atoms with van der Waals surface area (Å²) in [6.07, 6.45) is 1.46. The van der Waals surface area contributed by atoms with E-state index >= 15 is 0 Å². The molecule has 1 aliphatic heterocycles. The van der Waals surface area contributed by atoms with Gasteiger partial charge in [-0.05, 0) is 72.1 Å². The minimum Gasteiger partial charge on any atom is -0.492 e.